The van der Waals surface area contributed by atoms with Gasteiger partial charge in [0.05, 0.1) is 0 Å². The Morgan fingerprint density at radius 2 is 1.78 bits per heavy atom. The average molecular weight is 366 g/mol. The Balaban J connectivity index is 1.70. The van der Waals surface area contributed by atoms with Crippen LogP contribution in [-0.2, 0) is 16.0 Å². The van der Waals surface area contributed by atoms with Crippen molar-refractivity contribution in [3.05, 3.63) is 65.7 Å². The van der Waals surface area contributed by atoms with E-state index < -0.39 is 5.97 Å². The van der Waals surface area contributed by atoms with Gasteiger partial charge in [0.25, 0.3) is 5.91 Å². The number of amides is 2. The van der Waals surface area contributed by atoms with Crippen LogP contribution in [0.25, 0.3) is 0 Å². The van der Waals surface area contributed by atoms with Crippen LogP contribution in [-0.4, -0.2) is 40.9 Å². The highest BCUT2D eigenvalue weighted by Gasteiger charge is 2.29. The normalized spacial score (nSPS) is 13.0. The fourth-order valence-electron chi connectivity index (χ4n) is 2.83. The maximum atomic E-state index is 12.8. The molecule has 1 aliphatic rings. The summed E-state index contributed by atoms with van der Waals surface area (Å²) < 4.78 is 0. The smallest absolute Gasteiger partial charge is 0.323 e. The molecule has 2 aromatic rings. The quantitative estimate of drug-likeness (QED) is 0.752. The summed E-state index contributed by atoms with van der Waals surface area (Å²) in [6.07, 6.45) is 2.37. The van der Waals surface area contributed by atoms with E-state index in [9.17, 15) is 14.4 Å². The second-order valence-corrected chi connectivity index (χ2v) is 6.70. The van der Waals surface area contributed by atoms with Gasteiger partial charge in [-0.1, -0.05) is 36.4 Å². The van der Waals surface area contributed by atoms with Gasteiger partial charge in [-0.15, -0.1) is 0 Å². The minimum Gasteiger partial charge on any atom is -0.480 e. The summed E-state index contributed by atoms with van der Waals surface area (Å²) in [5.41, 5.74) is 1.94. The lowest BCUT2D eigenvalue weighted by Gasteiger charge is -2.21. The first-order valence-corrected chi connectivity index (χ1v) is 8.99. The van der Waals surface area contributed by atoms with Crippen molar-refractivity contribution in [2.24, 2.45) is 5.92 Å². The van der Waals surface area contributed by atoms with Crippen molar-refractivity contribution in [3.8, 4) is 0 Å². The van der Waals surface area contributed by atoms with E-state index in [1.165, 1.54) is 4.90 Å². The third kappa shape index (κ3) is 5.41. The molecule has 0 unspecified atom stereocenters. The van der Waals surface area contributed by atoms with Crippen molar-refractivity contribution in [2.45, 2.75) is 19.3 Å². The van der Waals surface area contributed by atoms with E-state index in [1.807, 2.05) is 30.3 Å². The number of benzene rings is 2. The molecule has 0 saturated heterocycles. The molecule has 2 N–H and O–H groups in total. The molecule has 6 heteroatoms. The first kappa shape index (κ1) is 18.6. The van der Waals surface area contributed by atoms with Crippen LogP contribution in [0.15, 0.2) is 54.6 Å². The fourth-order valence-corrected chi connectivity index (χ4v) is 2.83. The molecular weight excluding hydrogens is 344 g/mol. The highest BCUT2D eigenvalue weighted by molar-refractivity contribution is 5.99. The number of aliphatic carboxylic acids is 1. The number of carboxylic acids is 1. The van der Waals surface area contributed by atoms with Gasteiger partial charge in [0, 0.05) is 23.7 Å². The predicted molar refractivity (Wildman–Crippen MR) is 101 cm³/mol. The van der Waals surface area contributed by atoms with Crippen molar-refractivity contribution >= 4 is 23.5 Å². The molecule has 0 spiro atoms. The van der Waals surface area contributed by atoms with E-state index in [1.54, 1.807) is 24.3 Å². The molecule has 2 aromatic carbocycles. The molecule has 2 amide bonds. The van der Waals surface area contributed by atoms with Gasteiger partial charge in [-0.2, -0.15) is 0 Å². The maximum Gasteiger partial charge on any atom is 0.323 e. The second-order valence-electron chi connectivity index (χ2n) is 6.70. The average Bonchev–Trinajstić information content (AvgIpc) is 3.51. The van der Waals surface area contributed by atoms with E-state index in [2.05, 4.69) is 5.32 Å². The monoisotopic (exact) mass is 366 g/mol. The molecule has 27 heavy (non-hydrogen) atoms. The van der Waals surface area contributed by atoms with Crippen molar-refractivity contribution in [1.29, 1.82) is 0 Å². The Hall–Kier alpha value is -3.15. The standard InChI is InChI=1S/C21H22N2O4/c24-19(25)14-23(12-11-15-5-2-1-3-6-15)21(27)17-7-4-8-18(13-17)22-20(26)16-9-10-16/h1-8,13,16H,9-12,14H2,(H,22,26)(H,24,25). The van der Waals surface area contributed by atoms with E-state index >= 15 is 0 Å². The van der Waals surface area contributed by atoms with Crippen LogP contribution in [0.3, 0.4) is 0 Å². The first-order valence-electron chi connectivity index (χ1n) is 8.99. The number of anilines is 1. The lowest BCUT2D eigenvalue weighted by atomic mass is 10.1. The van der Waals surface area contributed by atoms with Gasteiger partial charge >= 0.3 is 5.97 Å². The number of carboxylic acid groups (broad SMARTS) is 1. The third-order valence-corrected chi connectivity index (χ3v) is 4.45. The second kappa shape index (κ2) is 8.49. The number of carbonyl (C=O) groups excluding carboxylic acids is 2. The Bertz CT molecular complexity index is 831. The number of hydrogen-bond acceptors (Lipinski definition) is 3. The molecular formula is C21H22N2O4. The van der Waals surface area contributed by atoms with E-state index in [4.69, 9.17) is 5.11 Å². The van der Waals surface area contributed by atoms with Gasteiger partial charge in [0.1, 0.15) is 6.54 Å². The van der Waals surface area contributed by atoms with Crippen LogP contribution in [0.5, 0.6) is 0 Å². The predicted octanol–water partition coefficient (Wildman–Crippen LogP) is 2.80. The summed E-state index contributed by atoms with van der Waals surface area (Å²) >= 11 is 0. The van der Waals surface area contributed by atoms with Crippen LogP contribution in [0.4, 0.5) is 5.69 Å². The van der Waals surface area contributed by atoms with Crippen LogP contribution >= 0.6 is 0 Å². The van der Waals surface area contributed by atoms with Crippen LogP contribution in [0, 0.1) is 5.92 Å². The third-order valence-electron chi connectivity index (χ3n) is 4.45. The molecule has 0 radical (unpaired) electrons. The number of rotatable bonds is 8. The zero-order valence-electron chi connectivity index (χ0n) is 14.9. The van der Waals surface area contributed by atoms with E-state index in [-0.39, 0.29) is 24.3 Å². The SMILES string of the molecule is O=C(O)CN(CCc1ccccc1)C(=O)c1cccc(NC(=O)C2CC2)c1. The Morgan fingerprint density at radius 3 is 2.44 bits per heavy atom. The molecule has 1 fully saturated rings. The largest absolute Gasteiger partial charge is 0.480 e. The van der Waals surface area contributed by atoms with Gasteiger partial charge in [0.15, 0.2) is 0 Å². The Labute approximate surface area is 157 Å². The summed E-state index contributed by atoms with van der Waals surface area (Å²) in [4.78, 5) is 37.3. The zero-order valence-corrected chi connectivity index (χ0v) is 14.9. The van der Waals surface area contributed by atoms with Gasteiger partial charge < -0.3 is 15.3 Å². The van der Waals surface area contributed by atoms with Gasteiger partial charge in [0.2, 0.25) is 5.91 Å². The maximum absolute atomic E-state index is 12.8. The molecule has 3 rings (SSSR count). The minimum absolute atomic E-state index is 0.0360. The number of nitrogens with zero attached hydrogens (tertiary/aromatic N) is 1. The molecule has 6 nitrogen and oxygen atoms in total. The molecule has 0 bridgehead atoms. The molecule has 0 aliphatic heterocycles. The molecule has 1 aliphatic carbocycles. The highest BCUT2D eigenvalue weighted by Crippen LogP contribution is 2.30. The Kier molecular flexibility index (Phi) is 5.86. The summed E-state index contributed by atoms with van der Waals surface area (Å²) in [6.45, 7) is -0.0713. The molecule has 1 saturated carbocycles. The van der Waals surface area contributed by atoms with Crippen molar-refractivity contribution in [2.75, 3.05) is 18.4 Å². The zero-order chi connectivity index (χ0) is 19.2. The molecule has 0 atom stereocenters. The first-order chi connectivity index (χ1) is 13.0. The van der Waals surface area contributed by atoms with Crippen molar-refractivity contribution in [3.63, 3.8) is 0 Å². The van der Waals surface area contributed by atoms with Crippen LogP contribution in [0.2, 0.25) is 0 Å². The highest BCUT2D eigenvalue weighted by atomic mass is 16.4. The van der Waals surface area contributed by atoms with Crippen LogP contribution in [0.1, 0.15) is 28.8 Å². The number of hydrogen-bond donors (Lipinski definition) is 2. The Morgan fingerprint density at radius 1 is 1.04 bits per heavy atom. The minimum atomic E-state index is -1.06. The molecule has 0 heterocycles. The van der Waals surface area contributed by atoms with E-state index in [0.29, 0.717) is 24.2 Å². The lowest BCUT2D eigenvalue weighted by molar-refractivity contribution is -0.137. The van der Waals surface area contributed by atoms with Crippen molar-refractivity contribution in [1.82, 2.24) is 4.90 Å². The van der Waals surface area contributed by atoms with E-state index in [0.717, 1.165) is 18.4 Å². The molecule has 140 valence electrons. The summed E-state index contributed by atoms with van der Waals surface area (Å²) in [5, 5.41) is 12.0. The summed E-state index contributed by atoms with van der Waals surface area (Å²) in [7, 11) is 0. The van der Waals surface area contributed by atoms with Crippen molar-refractivity contribution < 1.29 is 19.5 Å². The summed E-state index contributed by atoms with van der Waals surface area (Å²) in [6, 6.07) is 16.2. The van der Waals surface area contributed by atoms with Gasteiger partial charge in [-0.3, -0.25) is 14.4 Å². The van der Waals surface area contributed by atoms with Crippen LogP contribution < -0.4 is 5.32 Å². The van der Waals surface area contributed by atoms with Gasteiger partial charge in [-0.25, -0.2) is 0 Å². The summed E-state index contributed by atoms with van der Waals surface area (Å²) in [5.74, 6) is -1.39. The number of carbonyl (C=O) groups is 3. The lowest BCUT2D eigenvalue weighted by Crippen LogP contribution is -2.37. The topological polar surface area (TPSA) is 86.7 Å². The van der Waals surface area contributed by atoms with Gasteiger partial charge in [-0.05, 0) is 43.0 Å². The fraction of sp³-hybridized carbons (Fsp3) is 0.286. The molecule has 0 aromatic heterocycles. The number of nitrogens with one attached hydrogen (secondary N) is 1.